The highest BCUT2D eigenvalue weighted by Crippen LogP contribution is 2.44. The molecule has 104 valence electrons. The van der Waals surface area contributed by atoms with Gasteiger partial charge in [0.1, 0.15) is 0 Å². The average Bonchev–Trinajstić information content (AvgIpc) is 2.49. The Balaban J connectivity index is 1.77. The molecule has 1 aliphatic carbocycles. The lowest BCUT2D eigenvalue weighted by atomic mass is 9.65. The number of nitrogens with one attached hydrogen (secondary N) is 1. The Morgan fingerprint density at radius 3 is 2.20 bits per heavy atom. The molecule has 0 radical (unpaired) electrons. The van der Waals surface area contributed by atoms with Crippen LogP contribution in [0.25, 0.3) is 11.1 Å². The van der Waals surface area contributed by atoms with Crippen LogP contribution in [0.1, 0.15) is 31.2 Å². The number of hydrogen-bond acceptors (Lipinski definition) is 1. The van der Waals surface area contributed by atoms with Gasteiger partial charge >= 0.3 is 0 Å². The molecule has 0 aromatic heterocycles. The maximum atomic E-state index is 3.44. The third-order valence-electron chi connectivity index (χ3n) is 4.83. The summed E-state index contributed by atoms with van der Waals surface area (Å²) < 4.78 is 0. The van der Waals surface area contributed by atoms with Crippen LogP contribution in [0, 0.1) is 5.92 Å². The summed E-state index contributed by atoms with van der Waals surface area (Å²) in [5, 5.41) is 3.44. The summed E-state index contributed by atoms with van der Waals surface area (Å²) in [4.78, 5) is 0. The summed E-state index contributed by atoms with van der Waals surface area (Å²) in [6.45, 7) is 2.31. The molecule has 0 aliphatic heterocycles. The summed E-state index contributed by atoms with van der Waals surface area (Å²) in [5.74, 6) is 1.53. The van der Waals surface area contributed by atoms with E-state index in [0.717, 1.165) is 11.8 Å². The van der Waals surface area contributed by atoms with Crippen LogP contribution in [0.4, 0.5) is 0 Å². The molecule has 0 heterocycles. The monoisotopic (exact) mass is 265 g/mol. The topological polar surface area (TPSA) is 12.0 Å². The van der Waals surface area contributed by atoms with E-state index >= 15 is 0 Å². The van der Waals surface area contributed by atoms with Gasteiger partial charge in [0.15, 0.2) is 0 Å². The van der Waals surface area contributed by atoms with E-state index in [2.05, 4.69) is 73.9 Å². The smallest absolute Gasteiger partial charge is 0.0104 e. The molecular formula is C19H23N. The van der Waals surface area contributed by atoms with Crippen LogP contribution in [0.3, 0.4) is 0 Å². The van der Waals surface area contributed by atoms with Crippen LogP contribution >= 0.6 is 0 Å². The highest BCUT2D eigenvalue weighted by molar-refractivity contribution is 5.63. The lowest BCUT2D eigenvalue weighted by Crippen LogP contribution is -2.47. The first-order valence-electron chi connectivity index (χ1n) is 7.66. The Bertz CT molecular complexity index is 544. The summed E-state index contributed by atoms with van der Waals surface area (Å²) >= 11 is 0. The van der Waals surface area contributed by atoms with Crippen molar-refractivity contribution in [1.82, 2.24) is 5.32 Å². The fraction of sp³-hybridized carbons (Fsp3) is 0.368. The van der Waals surface area contributed by atoms with Gasteiger partial charge in [0.2, 0.25) is 0 Å². The molecular weight excluding hydrogens is 242 g/mol. The lowest BCUT2D eigenvalue weighted by molar-refractivity contribution is 0.169. The van der Waals surface area contributed by atoms with E-state index in [1.807, 2.05) is 0 Å². The van der Waals surface area contributed by atoms with Gasteiger partial charge in [0.25, 0.3) is 0 Å². The quantitative estimate of drug-likeness (QED) is 0.861. The first kappa shape index (κ1) is 13.4. The average molecular weight is 265 g/mol. The van der Waals surface area contributed by atoms with Crippen molar-refractivity contribution in [2.75, 3.05) is 7.05 Å². The van der Waals surface area contributed by atoms with E-state index < -0.39 is 0 Å². The van der Waals surface area contributed by atoms with E-state index in [9.17, 15) is 0 Å². The summed E-state index contributed by atoms with van der Waals surface area (Å²) in [7, 11) is 2.09. The molecule has 2 aromatic rings. The van der Waals surface area contributed by atoms with Crippen LogP contribution in [0.15, 0.2) is 54.6 Å². The standard InChI is InChI=1S/C19H23N/c1-3-17-18(13-19(17)20-2)16-11-9-15(10-12-16)14-7-5-4-6-8-14/h4-12,17-20H,3,13H2,1-2H3. The molecule has 1 fully saturated rings. The van der Waals surface area contributed by atoms with Crippen molar-refractivity contribution in [1.29, 1.82) is 0 Å². The SMILES string of the molecule is CCC1C(NC)CC1c1ccc(-c2ccccc2)cc1. The van der Waals surface area contributed by atoms with Gasteiger partial charge in [-0.15, -0.1) is 0 Å². The summed E-state index contributed by atoms with van der Waals surface area (Å²) in [5.41, 5.74) is 4.11. The molecule has 20 heavy (non-hydrogen) atoms. The minimum absolute atomic E-state index is 0.707. The molecule has 1 aliphatic rings. The van der Waals surface area contributed by atoms with Crippen molar-refractivity contribution in [3.63, 3.8) is 0 Å². The molecule has 0 spiro atoms. The summed E-state index contributed by atoms with van der Waals surface area (Å²) in [6, 6.07) is 20.5. The third kappa shape index (κ3) is 2.38. The molecule has 1 nitrogen and oxygen atoms in total. The fourth-order valence-corrected chi connectivity index (χ4v) is 3.55. The van der Waals surface area contributed by atoms with Gasteiger partial charge in [-0.2, -0.15) is 0 Å². The van der Waals surface area contributed by atoms with E-state index in [1.165, 1.54) is 29.5 Å². The number of rotatable bonds is 4. The van der Waals surface area contributed by atoms with Crippen molar-refractivity contribution in [3.8, 4) is 11.1 Å². The van der Waals surface area contributed by atoms with Gasteiger partial charge in [0, 0.05) is 6.04 Å². The lowest BCUT2D eigenvalue weighted by Gasteiger charge is -2.45. The van der Waals surface area contributed by atoms with E-state index in [4.69, 9.17) is 0 Å². The highest BCUT2D eigenvalue weighted by Gasteiger charge is 2.39. The van der Waals surface area contributed by atoms with Gasteiger partial charge in [-0.3, -0.25) is 0 Å². The van der Waals surface area contributed by atoms with E-state index in [0.29, 0.717) is 6.04 Å². The van der Waals surface area contributed by atoms with Gasteiger partial charge < -0.3 is 5.32 Å². The third-order valence-corrected chi connectivity index (χ3v) is 4.83. The van der Waals surface area contributed by atoms with Crippen molar-refractivity contribution >= 4 is 0 Å². The predicted octanol–water partition coefficient (Wildman–Crippen LogP) is 4.46. The zero-order valence-electron chi connectivity index (χ0n) is 12.3. The second kappa shape index (κ2) is 5.80. The Labute approximate surface area is 122 Å². The molecule has 3 rings (SSSR count). The van der Waals surface area contributed by atoms with Crippen LogP contribution in [0.2, 0.25) is 0 Å². The maximum Gasteiger partial charge on any atom is 0.0104 e. The van der Waals surface area contributed by atoms with E-state index in [1.54, 1.807) is 0 Å². The van der Waals surface area contributed by atoms with Crippen molar-refractivity contribution in [3.05, 3.63) is 60.2 Å². The fourth-order valence-electron chi connectivity index (χ4n) is 3.55. The second-order valence-electron chi connectivity index (χ2n) is 5.80. The molecule has 1 saturated carbocycles. The molecule has 0 amide bonds. The molecule has 0 saturated heterocycles. The zero-order chi connectivity index (χ0) is 13.9. The van der Waals surface area contributed by atoms with Gasteiger partial charge in [0.05, 0.1) is 0 Å². The Kier molecular flexibility index (Phi) is 3.88. The van der Waals surface area contributed by atoms with Gasteiger partial charge in [-0.25, -0.2) is 0 Å². The van der Waals surface area contributed by atoms with Crippen LogP contribution in [-0.4, -0.2) is 13.1 Å². The molecule has 2 aromatic carbocycles. The number of benzene rings is 2. The van der Waals surface area contributed by atoms with Crippen molar-refractivity contribution in [2.24, 2.45) is 5.92 Å². The maximum absolute atomic E-state index is 3.44. The van der Waals surface area contributed by atoms with Crippen LogP contribution < -0.4 is 5.32 Å². The largest absolute Gasteiger partial charge is 0.317 e. The van der Waals surface area contributed by atoms with Crippen molar-refractivity contribution < 1.29 is 0 Å². The molecule has 1 heteroatoms. The molecule has 3 atom stereocenters. The predicted molar refractivity (Wildman–Crippen MR) is 85.9 cm³/mol. The Morgan fingerprint density at radius 1 is 0.950 bits per heavy atom. The highest BCUT2D eigenvalue weighted by atomic mass is 14.9. The molecule has 1 N–H and O–H groups in total. The van der Waals surface area contributed by atoms with Gasteiger partial charge in [-0.05, 0) is 42.0 Å². The second-order valence-corrected chi connectivity index (χ2v) is 5.80. The zero-order valence-corrected chi connectivity index (χ0v) is 12.3. The van der Waals surface area contributed by atoms with Gasteiger partial charge in [-0.1, -0.05) is 67.9 Å². The van der Waals surface area contributed by atoms with E-state index in [-0.39, 0.29) is 0 Å². The minimum atomic E-state index is 0.707. The Hall–Kier alpha value is -1.60. The van der Waals surface area contributed by atoms with Crippen LogP contribution in [0.5, 0.6) is 0 Å². The Morgan fingerprint density at radius 2 is 1.60 bits per heavy atom. The molecule has 0 bridgehead atoms. The normalized spacial score (nSPS) is 25.2. The first-order valence-corrected chi connectivity index (χ1v) is 7.66. The van der Waals surface area contributed by atoms with Crippen molar-refractivity contribution in [2.45, 2.75) is 31.7 Å². The first-order chi connectivity index (χ1) is 9.83. The van der Waals surface area contributed by atoms with Crippen LogP contribution in [-0.2, 0) is 0 Å². The number of hydrogen-bond donors (Lipinski definition) is 1. The minimum Gasteiger partial charge on any atom is -0.317 e. The summed E-state index contributed by atoms with van der Waals surface area (Å²) in [6.07, 6.45) is 2.54. The molecule has 3 unspecified atom stereocenters.